The van der Waals surface area contributed by atoms with Crippen LogP contribution in [0.5, 0.6) is 0 Å². The maximum atomic E-state index is 12.7. The Morgan fingerprint density at radius 1 is 1.38 bits per heavy atom. The lowest BCUT2D eigenvalue weighted by molar-refractivity contribution is 0.119. The standard InChI is InChI=1S/C13H16F2N4O4S/c1-3-4-19(7-10(14)15)24(22,23)8-5-9-11(16-6-8)18(2)13(21)17-12(9)20/h5-6,10H,3-4,7H2,1-2H3,(H,17,20,21). The molecule has 2 heterocycles. The summed E-state index contributed by atoms with van der Waals surface area (Å²) in [4.78, 5) is 28.9. The number of pyridine rings is 1. The molecule has 0 spiro atoms. The summed E-state index contributed by atoms with van der Waals surface area (Å²) in [6, 6.07) is 1.03. The van der Waals surface area contributed by atoms with Crippen LogP contribution in [0.4, 0.5) is 8.78 Å². The molecule has 0 bridgehead atoms. The van der Waals surface area contributed by atoms with Gasteiger partial charge in [0.25, 0.3) is 12.0 Å². The second-order valence-corrected chi connectivity index (χ2v) is 7.05. The van der Waals surface area contributed by atoms with Gasteiger partial charge in [-0.05, 0) is 12.5 Å². The van der Waals surface area contributed by atoms with Gasteiger partial charge in [0.05, 0.1) is 11.9 Å². The number of aromatic amines is 1. The second kappa shape index (κ2) is 6.77. The number of hydrogen-bond donors (Lipinski definition) is 1. The minimum Gasteiger partial charge on any atom is -0.281 e. The Bertz CT molecular complexity index is 968. The van der Waals surface area contributed by atoms with Crippen molar-refractivity contribution in [3.63, 3.8) is 0 Å². The Kier molecular flexibility index (Phi) is 5.13. The first-order chi connectivity index (χ1) is 11.2. The maximum absolute atomic E-state index is 12.7. The van der Waals surface area contributed by atoms with E-state index >= 15 is 0 Å². The Hall–Kier alpha value is -2.14. The second-order valence-electron chi connectivity index (χ2n) is 5.11. The predicted molar refractivity (Wildman–Crippen MR) is 82.7 cm³/mol. The fourth-order valence-electron chi connectivity index (χ4n) is 2.22. The number of alkyl halides is 2. The lowest BCUT2D eigenvalue weighted by atomic mass is 10.3. The molecule has 1 N–H and O–H groups in total. The molecule has 8 nitrogen and oxygen atoms in total. The first-order valence-corrected chi connectivity index (χ1v) is 8.49. The average molecular weight is 362 g/mol. The molecule has 0 unspecified atom stereocenters. The Morgan fingerprint density at radius 3 is 2.62 bits per heavy atom. The summed E-state index contributed by atoms with van der Waals surface area (Å²) < 4.78 is 52.1. The van der Waals surface area contributed by atoms with Crippen LogP contribution in [0.2, 0.25) is 0 Å². The van der Waals surface area contributed by atoms with Crippen LogP contribution in [0.3, 0.4) is 0 Å². The largest absolute Gasteiger partial charge is 0.329 e. The number of rotatable bonds is 6. The van der Waals surface area contributed by atoms with Crippen molar-refractivity contribution in [2.24, 2.45) is 7.05 Å². The summed E-state index contributed by atoms with van der Waals surface area (Å²) in [7, 11) is -2.88. The van der Waals surface area contributed by atoms with E-state index in [-0.39, 0.29) is 22.5 Å². The number of aromatic nitrogens is 3. The van der Waals surface area contributed by atoms with Gasteiger partial charge in [-0.2, -0.15) is 4.31 Å². The number of sulfonamides is 1. The molecule has 0 saturated heterocycles. The molecule has 132 valence electrons. The third-order valence-corrected chi connectivity index (χ3v) is 5.21. The van der Waals surface area contributed by atoms with E-state index in [1.807, 2.05) is 4.98 Å². The normalized spacial score (nSPS) is 12.4. The van der Waals surface area contributed by atoms with Gasteiger partial charge in [0.15, 0.2) is 0 Å². The van der Waals surface area contributed by atoms with Crippen molar-refractivity contribution in [3.8, 4) is 0 Å². The minimum atomic E-state index is -4.24. The van der Waals surface area contributed by atoms with E-state index in [1.165, 1.54) is 7.05 Å². The van der Waals surface area contributed by atoms with E-state index < -0.39 is 34.2 Å². The van der Waals surface area contributed by atoms with Crippen LogP contribution in [0.15, 0.2) is 26.7 Å². The molecule has 0 aliphatic heterocycles. The Morgan fingerprint density at radius 2 is 2.04 bits per heavy atom. The summed E-state index contributed by atoms with van der Waals surface area (Å²) in [5, 5.41) is -0.119. The molecule has 11 heteroatoms. The fraction of sp³-hybridized carbons (Fsp3) is 0.462. The van der Waals surface area contributed by atoms with Gasteiger partial charge in [0.1, 0.15) is 10.5 Å². The van der Waals surface area contributed by atoms with Crippen LogP contribution in [0, 0.1) is 0 Å². The highest BCUT2D eigenvalue weighted by Crippen LogP contribution is 2.19. The molecular formula is C13H16F2N4O4S. The average Bonchev–Trinajstić information content (AvgIpc) is 2.51. The van der Waals surface area contributed by atoms with Crippen LogP contribution in [-0.2, 0) is 17.1 Å². The third-order valence-electron chi connectivity index (χ3n) is 3.38. The SMILES string of the molecule is CCCN(CC(F)F)S(=O)(=O)c1cnc2c(c1)c(=O)[nH]c(=O)n2C. The predicted octanol–water partition coefficient (Wildman–Crippen LogP) is 0.288. The molecule has 0 amide bonds. The first-order valence-electron chi connectivity index (χ1n) is 7.05. The van der Waals surface area contributed by atoms with Crippen LogP contribution < -0.4 is 11.2 Å². The molecular weight excluding hydrogens is 346 g/mol. The molecule has 2 aromatic heterocycles. The van der Waals surface area contributed by atoms with Gasteiger partial charge >= 0.3 is 5.69 Å². The lowest BCUT2D eigenvalue weighted by Crippen LogP contribution is -2.36. The van der Waals surface area contributed by atoms with Crippen molar-refractivity contribution in [2.75, 3.05) is 13.1 Å². The molecule has 2 aromatic rings. The number of hydrogen-bond acceptors (Lipinski definition) is 5. The third kappa shape index (κ3) is 3.36. The van der Waals surface area contributed by atoms with Crippen molar-refractivity contribution < 1.29 is 17.2 Å². The molecule has 0 aliphatic carbocycles. The summed E-state index contributed by atoms with van der Waals surface area (Å²) in [6.45, 7) is 0.624. The van der Waals surface area contributed by atoms with Gasteiger partial charge < -0.3 is 0 Å². The van der Waals surface area contributed by atoms with Gasteiger partial charge in [0, 0.05) is 19.8 Å². The van der Waals surface area contributed by atoms with E-state index in [4.69, 9.17) is 0 Å². The zero-order valence-corrected chi connectivity index (χ0v) is 13.8. The first kappa shape index (κ1) is 18.2. The number of nitrogens with zero attached hydrogens (tertiary/aromatic N) is 3. The van der Waals surface area contributed by atoms with E-state index in [0.29, 0.717) is 10.7 Å². The van der Waals surface area contributed by atoms with Crippen molar-refractivity contribution >= 4 is 21.1 Å². The molecule has 0 aliphatic rings. The number of nitrogens with one attached hydrogen (secondary N) is 1. The van der Waals surface area contributed by atoms with Crippen molar-refractivity contribution in [1.82, 2.24) is 18.8 Å². The van der Waals surface area contributed by atoms with Crippen LogP contribution in [-0.4, -0.2) is 46.8 Å². The van der Waals surface area contributed by atoms with Crippen molar-refractivity contribution in [2.45, 2.75) is 24.7 Å². The molecule has 2 rings (SSSR count). The van der Waals surface area contributed by atoms with E-state index in [0.717, 1.165) is 16.8 Å². The lowest BCUT2D eigenvalue weighted by Gasteiger charge is -2.21. The van der Waals surface area contributed by atoms with Crippen LogP contribution in [0.1, 0.15) is 13.3 Å². The minimum absolute atomic E-state index is 0.00130. The van der Waals surface area contributed by atoms with Gasteiger partial charge in [-0.1, -0.05) is 6.92 Å². The van der Waals surface area contributed by atoms with Crippen molar-refractivity contribution in [3.05, 3.63) is 33.1 Å². The zero-order valence-electron chi connectivity index (χ0n) is 13.0. The monoisotopic (exact) mass is 362 g/mol. The number of H-pyrrole nitrogens is 1. The van der Waals surface area contributed by atoms with Gasteiger partial charge in [-0.15, -0.1) is 0 Å². The number of aryl methyl sites for hydroxylation is 1. The summed E-state index contributed by atoms with van der Waals surface area (Å²) >= 11 is 0. The summed E-state index contributed by atoms with van der Waals surface area (Å²) in [5.41, 5.74) is -1.49. The number of fused-ring (bicyclic) bond motifs is 1. The van der Waals surface area contributed by atoms with E-state index in [9.17, 15) is 26.8 Å². The molecule has 0 aromatic carbocycles. The maximum Gasteiger partial charge on any atom is 0.329 e. The Balaban J connectivity index is 2.62. The highest BCUT2D eigenvalue weighted by molar-refractivity contribution is 7.89. The van der Waals surface area contributed by atoms with Crippen LogP contribution in [0.25, 0.3) is 11.0 Å². The Labute approximate surface area is 135 Å². The summed E-state index contributed by atoms with van der Waals surface area (Å²) in [5.74, 6) is 0. The molecule has 24 heavy (non-hydrogen) atoms. The van der Waals surface area contributed by atoms with E-state index in [2.05, 4.69) is 4.98 Å². The molecule has 0 fully saturated rings. The van der Waals surface area contributed by atoms with Crippen LogP contribution >= 0.6 is 0 Å². The summed E-state index contributed by atoms with van der Waals surface area (Å²) in [6.07, 6.45) is -1.53. The smallest absolute Gasteiger partial charge is 0.281 e. The number of halogens is 2. The van der Waals surface area contributed by atoms with E-state index in [1.54, 1.807) is 6.92 Å². The molecule has 0 atom stereocenters. The highest BCUT2D eigenvalue weighted by Gasteiger charge is 2.27. The van der Waals surface area contributed by atoms with Gasteiger partial charge in [0.2, 0.25) is 10.0 Å². The van der Waals surface area contributed by atoms with Crippen molar-refractivity contribution in [1.29, 1.82) is 0 Å². The fourth-order valence-corrected chi connectivity index (χ4v) is 3.70. The zero-order chi connectivity index (χ0) is 18.1. The van der Waals surface area contributed by atoms with Gasteiger partial charge in [-0.3, -0.25) is 14.3 Å². The topological polar surface area (TPSA) is 105 Å². The highest BCUT2D eigenvalue weighted by atomic mass is 32.2. The van der Waals surface area contributed by atoms with Gasteiger partial charge in [-0.25, -0.2) is 27.0 Å². The quantitative estimate of drug-likeness (QED) is 0.795. The molecule has 0 radical (unpaired) electrons. The molecule has 0 saturated carbocycles.